The van der Waals surface area contributed by atoms with Crippen LogP contribution in [-0.2, 0) is 14.4 Å². The molecule has 120 valence electrons. The van der Waals surface area contributed by atoms with Gasteiger partial charge in [-0.3, -0.25) is 14.4 Å². The molecule has 0 saturated carbocycles. The van der Waals surface area contributed by atoms with Gasteiger partial charge in [-0.05, 0) is 27.1 Å². The highest BCUT2D eigenvalue weighted by atomic mass is 16.2. The molecule has 0 spiro atoms. The fourth-order valence-electron chi connectivity index (χ4n) is 2.27. The highest BCUT2D eigenvalue weighted by Crippen LogP contribution is 2.03. The number of piperazine rings is 1. The largest absolute Gasteiger partial charge is 0.342 e. The maximum Gasteiger partial charge on any atom is 0.242 e. The number of nitrogens with zero attached hydrogens (tertiary/aromatic N) is 4. The Kier molecular flexibility index (Phi) is 7.14. The average Bonchev–Trinajstić information content (AvgIpc) is 2.45. The van der Waals surface area contributed by atoms with E-state index in [4.69, 9.17) is 0 Å². The van der Waals surface area contributed by atoms with Crippen molar-refractivity contribution in [2.75, 3.05) is 59.9 Å². The Labute approximate surface area is 126 Å². The van der Waals surface area contributed by atoms with Crippen molar-refractivity contribution in [3.63, 3.8) is 0 Å². The molecular formula is C14H26N4O3. The van der Waals surface area contributed by atoms with Crippen LogP contribution in [0.2, 0.25) is 0 Å². The molecule has 0 aromatic heterocycles. The maximum absolute atomic E-state index is 12.2. The van der Waals surface area contributed by atoms with Gasteiger partial charge in [-0.25, -0.2) is 0 Å². The fourth-order valence-corrected chi connectivity index (χ4v) is 2.27. The SMILES string of the molecule is CC(=O)N(CCCN(C)C)CC(=O)N1CCN(C=O)CC1. The van der Waals surface area contributed by atoms with Gasteiger partial charge in [0, 0.05) is 39.6 Å². The highest BCUT2D eigenvalue weighted by molar-refractivity contribution is 5.84. The standard InChI is InChI=1S/C14H26N4O3/c1-13(20)18(6-4-5-15(2)3)11-14(21)17-9-7-16(12-19)8-10-17/h12H,4-11H2,1-3H3. The summed E-state index contributed by atoms with van der Waals surface area (Å²) in [5, 5.41) is 0. The first-order valence-electron chi connectivity index (χ1n) is 7.31. The lowest BCUT2D eigenvalue weighted by Gasteiger charge is -2.34. The maximum atomic E-state index is 12.2. The number of hydrogen-bond acceptors (Lipinski definition) is 4. The molecule has 0 unspecified atom stereocenters. The predicted molar refractivity (Wildman–Crippen MR) is 79.6 cm³/mol. The zero-order chi connectivity index (χ0) is 15.8. The van der Waals surface area contributed by atoms with Crippen molar-refractivity contribution < 1.29 is 14.4 Å². The number of amides is 3. The van der Waals surface area contributed by atoms with Gasteiger partial charge in [0.25, 0.3) is 0 Å². The molecule has 0 aromatic carbocycles. The molecule has 1 aliphatic heterocycles. The van der Waals surface area contributed by atoms with Gasteiger partial charge in [-0.1, -0.05) is 0 Å². The van der Waals surface area contributed by atoms with E-state index < -0.39 is 0 Å². The Morgan fingerprint density at radius 2 is 1.71 bits per heavy atom. The molecule has 0 aliphatic carbocycles. The average molecular weight is 298 g/mol. The summed E-state index contributed by atoms with van der Waals surface area (Å²) in [6.07, 6.45) is 1.66. The van der Waals surface area contributed by atoms with Gasteiger partial charge in [0.05, 0.1) is 6.54 Å². The van der Waals surface area contributed by atoms with E-state index in [1.54, 1.807) is 14.7 Å². The quantitative estimate of drug-likeness (QED) is 0.571. The second kappa shape index (κ2) is 8.61. The topological polar surface area (TPSA) is 64.2 Å². The molecule has 0 radical (unpaired) electrons. The molecule has 0 aromatic rings. The summed E-state index contributed by atoms with van der Waals surface area (Å²) in [6, 6.07) is 0. The Bertz CT molecular complexity index is 365. The first kappa shape index (κ1) is 17.4. The van der Waals surface area contributed by atoms with Crippen molar-refractivity contribution in [3.8, 4) is 0 Å². The lowest BCUT2D eigenvalue weighted by atomic mass is 10.3. The van der Waals surface area contributed by atoms with Gasteiger partial charge >= 0.3 is 0 Å². The third-order valence-electron chi connectivity index (χ3n) is 3.62. The Balaban J connectivity index is 2.41. The highest BCUT2D eigenvalue weighted by Gasteiger charge is 2.22. The number of hydrogen-bond donors (Lipinski definition) is 0. The van der Waals surface area contributed by atoms with Gasteiger partial charge < -0.3 is 19.6 Å². The van der Waals surface area contributed by atoms with Gasteiger partial charge in [0.2, 0.25) is 18.2 Å². The lowest BCUT2D eigenvalue weighted by Crippen LogP contribution is -2.51. The van der Waals surface area contributed by atoms with Crippen molar-refractivity contribution in [3.05, 3.63) is 0 Å². The van der Waals surface area contributed by atoms with Crippen molar-refractivity contribution in [2.24, 2.45) is 0 Å². The predicted octanol–water partition coefficient (Wildman–Crippen LogP) is -0.913. The number of carbonyl (C=O) groups is 3. The normalized spacial score (nSPS) is 15.2. The monoisotopic (exact) mass is 298 g/mol. The molecule has 1 saturated heterocycles. The van der Waals surface area contributed by atoms with E-state index in [1.807, 2.05) is 14.1 Å². The summed E-state index contributed by atoms with van der Waals surface area (Å²) in [7, 11) is 3.96. The molecule has 1 aliphatic rings. The third-order valence-corrected chi connectivity index (χ3v) is 3.62. The van der Waals surface area contributed by atoms with Crippen molar-refractivity contribution >= 4 is 18.2 Å². The first-order valence-corrected chi connectivity index (χ1v) is 7.31. The van der Waals surface area contributed by atoms with Gasteiger partial charge in [-0.2, -0.15) is 0 Å². The van der Waals surface area contributed by atoms with Crippen LogP contribution in [0.4, 0.5) is 0 Å². The zero-order valence-electron chi connectivity index (χ0n) is 13.2. The van der Waals surface area contributed by atoms with E-state index in [-0.39, 0.29) is 18.4 Å². The molecule has 3 amide bonds. The molecule has 7 heteroatoms. The summed E-state index contributed by atoms with van der Waals surface area (Å²) in [6.45, 7) is 5.31. The van der Waals surface area contributed by atoms with Crippen LogP contribution in [-0.4, -0.2) is 97.7 Å². The summed E-state index contributed by atoms with van der Waals surface area (Å²) >= 11 is 0. The second-order valence-corrected chi connectivity index (χ2v) is 5.62. The van der Waals surface area contributed by atoms with E-state index in [1.165, 1.54) is 6.92 Å². The smallest absolute Gasteiger partial charge is 0.242 e. The summed E-state index contributed by atoms with van der Waals surface area (Å²) in [5.74, 6) is -0.116. The summed E-state index contributed by atoms with van der Waals surface area (Å²) < 4.78 is 0. The minimum atomic E-state index is -0.0753. The van der Waals surface area contributed by atoms with Crippen LogP contribution >= 0.6 is 0 Å². The molecule has 7 nitrogen and oxygen atoms in total. The number of carbonyl (C=O) groups excluding carboxylic acids is 3. The molecule has 0 atom stereocenters. The Hall–Kier alpha value is -1.63. The van der Waals surface area contributed by atoms with Gasteiger partial charge in [0.1, 0.15) is 0 Å². The van der Waals surface area contributed by atoms with Crippen LogP contribution < -0.4 is 0 Å². The number of rotatable bonds is 7. The Morgan fingerprint density at radius 3 is 2.19 bits per heavy atom. The third kappa shape index (κ3) is 6.12. The second-order valence-electron chi connectivity index (χ2n) is 5.62. The molecule has 1 rings (SSSR count). The van der Waals surface area contributed by atoms with E-state index in [0.29, 0.717) is 32.7 Å². The molecule has 0 bridgehead atoms. The van der Waals surface area contributed by atoms with Crippen LogP contribution in [0.5, 0.6) is 0 Å². The van der Waals surface area contributed by atoms with E-state index >= 15 is 0 Å². The summed E-state index contributed by atoms with van der Waals surface area (Å²) in [4.78, 5) is 41.5. The summed E-state index contributed by atoms with van der Waals surface area (Å²) in [5.41, 5.74) is 0. The van der Waals surface area contributed by atoms with Crippen LogP contribution in [0.3, 0.4) is 0 Å². The molecule has 0 N–H and O–H groups in total. The van der Waals surface area contributed by atoms with Crippen molar-refractivity contribution in [2.45, 2.75) is 13.3 Å². The molecule has 1 fully saturated rings. The van der Waals surface area contributed by atoms with E-state index in [9.17, 15) is 14.4 Å². The lowest BCUT2D eigenvalue weighted by molar-refractivity contribution is -0.141. The van der Waals surface area contributed by atoms with Crippen LogP contribution in [0.1, 0.15) is 13.3 Å². The molecule has 1 heterocycles. The van der Waals surface area contributed by atoms with E-state index in [2.05, 4.69) is 4.90 Å². The Morgan fingerprint density at radius 1 is 1.10 bits per heavy atom. The van der Waals surface area contributed by atoms with Crippen LogP contribution in [0, 0.1) is 0 Å². The molecular weight excluding hydrogens is 272 g/mol. The van der Waals surface area contributed by atoms with Crippen molar-refractivity contribution in [1.29, 1.82) is 0 Å². The van der Waals surface area contributed by atoms with Gasteiger partial charge in [-0.15, -0.1) is 0 Å². The minimum absolute atomic E-state index is 0.0411. The van der Waals surface area contributed by atoms with Crippen molar-refractivity contribution in [1.82, 2.24) is 19.6 Å². The van der Waals surface area contributed by atoms with Crippen LogP contribution in [0.15, 0.2) is 0 Å². The minimum Gasteiger partial charge on any atom is -0.342 e. The molecule has 21 heavy (non-hydrogen) atoms. The fraction of sp³-hybridized carbons (Fsp3) is 0.786. The van der Waals surface area contributed by atoms with E-state index in [0.717, 1.165) is 19.4 Å². The first-order chi connectivity index (χ1) is 9.93. The zero-order valence-corrected chi connectivity index (χ0v) is 13.2. The van der Waals surface area contributed by atoms with Crippen LogP contribution in [0.25, 0.3) is 0 Å². The van der Waals surface area contributed by atoms with Gasteiger partial charge in [0.15, 0.2) is 0 Å².